The minimum atomic E-state index is -0.370. The molecule has 0 aromatic heterocycles. The highest BCUT2D eigenvalue weighted by Crippen LogP contribution is 2.47. The number of ether oxygens (including phenoxy) is 3. The Morgan fingerprint density at radius 2 is 1.58 bits per heavy atom. The Hall–Kier alpha value is -3.40. The molecule has 1 unspecified atom stereocenters. The van der Waals surface area contributed by atoms with Crippen molar-refractivity contribution in [2.45, 2.75) is 39.5 Å². The molecule has 2 aliphatic rings. The zero-order valence-corrected chi connectivity index (χ0v) is 18.1. The Bertz CT molecular complexity index is 1130. The maximum absolute atomic E-state index is 6.24. The number of rotatable bonds is 5. The first-order chi connectivity index (χ1) is 15.1. The van der Waals surface area contributed by atoms with Gasteiger partial charge in [0.1, 0.15) is 18.3 Å². The van der Waals surface area contributed by atoms with Gasteiger partial charge in [0.15, 0.2) is 0 Å². The van der Waals surface area contributed by atoms with Crippen LogP contribution in [0.1, 0.15) is 51.2 Å². The fraction of sp³-hybridized carbons (Fsp3) is 0.259. The standard InChI is InChI=1S/C27H27NO3/c1-17-18(2)26-24(19(3)25(17)28-15-20-8-5-4-6-9-20)23(16-31-26)21-10-7-11-22(14-21)27-29-12-13-30-27/h4-14,23,27-28H,15-16H2,1-3H3. The number of nitrogens with one attached hydrogen (secondary N) is 1. The van der Waals surface area contributed by atoms with E-state index in [1.54, 1.807) is 12.5 Å². The van der Waals surface area contributed by atoms with Crippen molar-refractivity contribution in [1.82, 2.24) is 0 Å². The fourth-order valence-electron chi connectivity index (χ4n) is 4.63. The lowest BCUT2D eigenvalue weighted by Crippen LogP contribution is -2.09. The molecule has 158 valence electrons. The summed E-state index contributed by atoms with van der Waals surface area (Å²) in [6.07, 6.45) is 2.81. The second-order valence-electron chi connectivity index (χ2n) is 8.24. The van der Waals surface area contributed by atoms with Crippen molar-refractivity contribution < 1.29 is 14.2 Å². The Balaban J connectivity index is 1.50. The molecule has 0 saturated heterocycles. The van der Waals surface area contributed by atoms with Crippen LogP contribution in [0.4, 0.5) is 5.69 Å². The van der Waals surface area contributed by atoms with Crippen LogP contribution in [0.5, 0.6) is 5.75 Å². The van der Waals surface area contributed by atoms with E-state index in [0.29, 0.717) is 6.61 Å². The molecule has 1 N–H and O–H groups in total. The lowest BCUT2D eigenvalue weighted by molar-refractivity contribution is -0.0246. The molecule has 1 atom stereocenters. The maximum atomic E-state index is 6.24. The molecule has 2 aliphatic heterocycles. The van der Waals surface area contributed by atoms with Crippen LogP contribution in [-0.2, 0) is 16.0 Å². The van der Waals surface area contributed by atoms with Crippen LogP contribution in [-0.4, -0.2) is 6.61 Å². The van der Waals surface area contributed by atoms with E-state index in [-0.39, 0.29) is 12.2 Å². The van der Waals surface area contributed by atoms with Crippen LogP contribution < -0.4 is 10.1 Å². The topological polar surface area (TPSA) is 39.7 Å². The minimum Gasteiger partial charge on any atom is -0.492 e. The highest BCUT2D eigenvalue weighted by Gasteiger charge is 2.32. The van der Waals surface area contributed by atoms with E-state index in [9.17, 15) is 0 Å². The van der Waals surface area contributed by atoms with Crippen molar-refractivity contribution in [2.75, 3.05) is 11.9 Å². The molecule has 0 radical (unpaired) electrons. The van der Waals surface area contributed by atoms with Gasteiger partial charge in [-0.2, -0.15) is 0 Å². The second kappa shape index (κ2) is 8.03. The summed E-state index contributed by atoms with van der Waals surface area (Å²) in [5.74, 6) is 1.21. The van der Waals surface area contributed by atoms with Crippen molar-refractivity contribution in [3.8, 4) is 5.75 Å². The van der Waals surface area contributed by atoms with Crippen LogP contribution in [0.3, 0.4) is 0 Å². The van der Waals surface area contributed by atoms with Gasteiger partial charge in [0.05, 0.1) is 6.61 Å². The number of hydrogen-bond acceptors (Lipinski definition) is 4. The molecule has 0 spiro atoms. The van der Waals surface area contributed by atoms with E-state index >= 15 is 0 Å². The Labute approximate surface area is 183 Å². The molecule has 31 heavy (non-hydrogen) atoms. The van der Waals surface area contributed by atoms with Gasteiger partial charge < -0.3 is 19.5 Å². The predicted molar refractivity (Wildman–Crippen MR) is 122 cm³/mol. The normalized spacial score (nSPS) is 17.1. The highest BCUT2D eigenvalue weighted by molar-refractivity contribution is 5.70. The maximum Gasteiger partial charge on any atom is 0.266 e. The van der Waals surface area contributed by atoms with E-state index in [4.69, 9.17) is 14.2 Å². The summed E-state index contributed by atoms with van der Waals surface area (Å²) in [4.78, 5) is 0. The summed E-state index contributed by atoms with van der Waals surface area (Å²) in [5, 5.41) is 3.69. The third-order valence-corrected chi connectivity index (χ3v) is 6.40. The zero-order chi connectivity index (χ0) is 21.4. The van der Waals surface area contributed by atoms with E-state index in [1.807, 2.05) is 12.1 Å². The van der Waals surface area contributed by atoms with E-state index in [0.717, 1.165) is 17.9 Å². The van der Waals surface area contributed by atoms with Gasteiger partial charge in [-0.05, 0) is 54.7 Å². The molecule has 0 bridgehead atoms. The molecular weight excluding hydrogens is 386 g/mol. The molecule has 0 saturated carbocycles. The van der Waals surface area contributed by atoms with Gasteiger partial charge >= 0.3 is 0 Å². The highest BCUT2D eigenvalue weighted by atomic mass is 16.7. The molecule has 5 rings (SSSR count). The van der Waals surface area contributed by atoms with E-state index in [2.05, 4.69) is 68.6 Å². The van der Waals surface area contributed by atoms with Crippen LogP contribution >= 0.6 is 0 Å². The van der Waals surface area contributed by atoms with Gasteiger partial charge in [0, 0.05) is 29.3 Å². The van der Waals surface area contributed by atoms with Crippen molar-refractivity contribution in [1.29, 1.82) is 0 Å². The summed E-state index contributed by atoms with van der Waals surface area (Å²) in [6, 6.07) is 19.0. The van der Waals surface area contributed by atoms with Crippen molar-refractivity contribution in [3.63, 3.8) is 0 Å². The SMILES string of the molecule is Cc1c(C)c2c(c(C)c1NCc1ccccc1)C(c1cccc(C3OC=CO3)c1)CO2. The second-order valence-corrected chi connectivity index (χ2v) is 8.24. The molecule has 0 amide bonds. The third kappa shape index (κ3) is 3.52. The van der Waals surface area contributed by atoms with Gasteiger partial charge in [-0.3, -0.25) is 0 Å². The molecule has 3 aromatic carbocycles. The quantitative estimate of drug-likeness (QED) is 0.535. The molecule has 0 aliphatic carbocycles. The van der Waals surface area contributed by atoms with Crippen LogP contribution in [0.2, 0.25) is 0 Å². The lowest BCUT2D eigenvalue weighted by atomic mass is 9.86. The Kier molecular flexibility index (Phi) is 5.06. The van der Waals surface area contributed by atoms with Crippen molar-refractivity contribution >= 4 is 5.69 Å². The smallest absolute Gasteiger partial charge is 0.266 e. The zero-order valence-electron chi connectivity index (χ0n) is 18.1. The molecular formula is C27H27NO3. The molecule has 2 heterocycles. The first-order valence-corrected chi connectivity index (χ1v) is 10.7. The van der Waals surface area contributed by atoms with Crippen LogP contribution in [0.15, 0.2) is 67.1 Å². The first-order valence-electron chi connectivity index (χ1n) is 10.7. The largest absolute Gasteiger partial charge is 0.492 e. The summed E-state index contributed by atoms with van der Waals surface area (Å²) in [5.41, 5.74) is 9.71. The average molecular weight is 414 g/mol. The molecule has 3 aromatic rings. The Morgan fingerprint density at radius 1 is 0.839 bits per heavy atom. The monoisotopic (exact) mass is 413 g/mol. The molecule has 4 heteroatoms. The Morgan fingerprint density at radius 3 is 2.35 bits per heavy atom. The average Bonchev–Trinajstić information content (AvgIpc) is 3.49. The number of benzene rings is 3. The van der Waals surface area contributed by atoms with E-state index in [1.165, 1.54) is 39.1 Å². The minimum absolute atomic E-state index is 0.181. The number of hydrogen-bond donors (Lipinski definition) is 1. The summed E-state index contributed by atoms with van der Waals surface area (Å²) >= 11 is 0. The molecule has 4 nitrogen and oxygen atoms in total. The van der Waals surface area contributed by atoms with E-state index < -0.39 is 0 Å². The van der Waals surface area contributed by atoms with Gasteiger partial charge in [0.2, 0.25) is 0 Å². The van der Waals surface area contributed by atoms with Crippen molar-refractivity contribution in [2.24, 2.45) is 0 Å². The lowest BCUT2D eigenvalue weighted by Gasteiger charge is -2.21. The first kappa shape index (κ1) is 19.6. The van der Waals surface area contributed by atoms with Gasteiger partial charge in [-0.25, -0.2) is 0 Å². The summed E-state index contributed by atoms with van der Waals surface area (Å²) < 4.78 is 17.3. The molecule has 0 fully saturated rings. The predicted octanol–water partition coefficient (Wildman–Crippen LogP) is 6.26. The van der Waals surface area contributed by atoms with Gasteiger partial charge in [-0.1, -0.05) is 48.5 Å². The fourth-order valence-corrected chi connectivity index (χ4v) is 4.63. The number of anilines is 1. The summed E-state index contributed by atoms with van der Waals surface area (Å²) in [7, 11) is 0. The van der Waals surface area contributed by atoms with Gasteiger partial charge in [-0.15, -0.1) is 0 Å². The van der Waals surface area contributed by atoms with Crippen LogP contribution in [0, 0.1) is 20.8 Å². The van der Waals surface area contributed by atoms with Gasteiger partial charge in [0.25, 0.3) is 6.29 Å². The van der Waals surface area contributed by atoms with Crippen LogP contribution in [0.25, 0.3) is 0 Å². The number of fused-ring (bicyclic) bond motifs is 1. The van der Waals surface area contributed by atoms with Crippen molar-refractivity contribution in [3.05, 3.63) is 106 Å². The third-order valence-electron chi connectivity index (χ3n) is 6.40. The summed E-state index contributed by atoms with van der Waals surface area (Å²) in [6.45, 7) is 7.98.